The average Bonchev–Trinajstić information content (AvgIpc) is 3.11. The van der Waals surface area contributed by atoms with Gasteiger partial charge in [-0.1, -0.05) is 121 Å². The van der Waals surface area contributed by atoms with E-state index in [0.29, 0.717) is 6.42 Å². The molecule has 0 saturated heterocycles. The fourth-order valence-corrected chi connectivity index (χ4v) is 5.27. The topological polar surface area (TPSA) is 135 Å². The van der Waals surface area contributed by atoms with Crippen LogP contribution in [-0.4, -0.2) is 48.2 Å². The summed E-state index contributed by atoms with van der Waals surface area (Å²) in [7, 11) is 0. The molecule has 0 aromatic heterocycles. The molecule has 0 aliphatic rings. The standard InChI is InChI=1S/C39H44N4O6/c1-28(40-36(44)34(24-30-15-7-3-8-16-30)42-38(46)48-26-32-19-11-5-12-20-32)23-29(2)41-37(45)35(25-31-17-9-4-10-18-31)43-39(47)49-27-33-21-13-6-14-22-33/h3-22,28-29,34-35H,23-27H2,1-2H3,(H,40,44)(H,41,45)(H,42,46)(H,43,47)/t28?,29?,34-,35?/m0/s1. The highest BCUT2D eigenvalue weighted by Crippen LogP contribution is 2.09. The molecule has 3 unspecified atom stereocenters. The van der Waals surface area contributed by atoms with Crippen molar-refractivity contribution in [3.63, 3.8) is 0 Å². The molecule has 49 heavy (non-hydrogen) atoms. The summed E-state index contributed by atoms with van der Waals surface area (Å²) in [4.78, 5) is 52.3. The molecule has 4 aromatic carbocycles. The van der Waals surface area contributed by atoms with Gasteiger partial charge in [-0.3, -0.25) is 9.59 Å². The normalized spacial score (nSPS) is 13.1. The molecule has 0 radical (unpaired) electrons. The molecule has 4 atom stereocenters. The van der Waals surface area contributed by atoms with Crippen molar-refractivity contribution in [3.05, 3.63) is 144 Å². The fraction of sp³-hybridized carbons (Fsp3) is 0.282. The Morgan fingerprint density at radius 3 is 1.10 bits per heavy atom. The van der Waals surface area contributed by atoms with Crippen molar-refractivity contribution in [1.82, 2.24) is 21.3 Å². The van der Waals surface area contributed by atoms with E-state index in [4.69, 9.17) is 9.47 Å². The lowest BCUT2D eigenvalue weighted by Crippen LogP contribution is -2.53. The molecular weight excluding hydrogens is 620 g/mol. The molecule has 0 fully saturated rings. The minimum atomic E-state index is -0.889. The summed E-state index contributed by atoms with van der Waals surface area (Å²) in [5, 5.41) is 11.4. The number of benzene rings is 4. The molecule has 4 amide bonds. The van der Waals surface area contributed by atoms with Crippen LogP contribution in [0.25, 0.3) is 0 Å². The maximum absolute atomic E-state index is 13.4. The number of hydrogen-bond donors (Lipinski definition) is 4. The Morgan fingerprint density at radius 2 is 0.776 bits per heavy atom. The van der Waals surface area contributed by atoms with E-state index in [9.17, 15) is 19.2 Å². The molecule has 4 N–H and O–H groups in total. The minimum Gasteiger partial charge on any atom is -0.445 e. The predicted octanol–water partition coefficient (Wildman–Crippen LogP) is 5.46. The zero-order chi connectivity index (χ0) is 34.8. The van der Waals surface area contributed by atoms with Gasteiger partial charge in [0, 0.05) is 24.9 Å². The number of carbonyl (C=O) groups excluding carboxylic acids is 4. The molecule has 0 aliphatic heterocycles. The first-order valence-corrected chi connectivity index (χ1v) is 16.4. The number of carbonyl (C=O) groups is 4. The van der Waals surface area contributed by atoms with Crippen molar-refractivity contribution in [2.75, 3.05) is 0 Å². The smallest absolute Gasteiger partial charge is 0.408 e. The summed E-state index contributed by atoms with van der Waals surface area (Å²) >= 11 is 0. The van der Waals surface area contributed by atoms with Gasteiger partial charge in [0.1, 0.15) is 25.3 Å². The van der Waals surface area contributed by atoms with Gasteiger partial charge in [-0.25, -0.2) is 9.59 Å². The number of hydrogen-bond acceptors (Lipinski definition) is 6. The van der Waals surface area contributed by atoms with E-state index < -0.39 is 24.3 Å². The molecule has 4 aromatic rings. The molecular formula is C39H44N4O6. The Hall–Kier alpha value is -5.64. The van der Waals surface area contributed by atoms with Gasteiger partial charge in [0.15, 0.2) is 0 Å². The van der Waals surface area contributed by atoms with Gasteiger partial charge in [0.05, 0.1) is 0 Å². The second kappa shape index (κ2) is 19.2. The molecule has 0 spiro atoms. The lowest BCUT2D eigenvalue weighted by molar-refractivity contribution is -0.123. The maximum Gasteiger partial charge on any atom is 0.408 e. The number of alkyl carbamates (subject to hydrolysis) is 2. The molecule has 0 bridgehead atoms. The van der Waals surface area contributed by atoms with E-state index in [2.05, 4.69) is 21.3 Å². The average molecular weight is 665 g/mol. The predicted molar refractivity (Wildman–Crippen MR) is 187 cm³/mol. The zero-order valence-corrected chi connectivity index (χ0v) is 27.8. The summed E-state index contributed by atoms with van der Waals surface area (Å²) < 4.78 is 10.7. The third-order valence-corrected chi connectivity index (χ3v) is 7.69. The summed E-state index contributed by atoms with van der Waals surface area (Å²) in [6, 6.07) is 34.8. The highest BCUT2D eigenvalue weighted by molar-refractivity contribution is 5.87. The van der Waals surface area contributed by atoms with Gasteiger partial charge in [0.25, 0.3) is 0 Å². The Bertz CT molecular complexity index is 1490. The van der Waals surface area contributed by atoms with Crippen LogP contribution < -0.4 is 21.3 Å². The maximum atomic E-state index is 13.4. The Kier molecular flexibility index (Phi) is 14.2. The third kappa shape index (κ3) is 13.2. The Morgan fingerprint density at radius 1 is 0.469 bits per heavy atom. The van der Waals surface area contributed by atoms with Crippen LogP contribution in [0.5, 0.6) is 0 Å². The first-order chi connectivity index (χ1) is 23.7. The second-order valence-electron chi connectivity index (χ2n) is 12.0. The highest BCUT2D eigenvalue weighted by Gasteiger charge is 2.26. The SMILES string of the molecule is CC(CC(C)NC(=O)[C@H](Cc1ccccc1)NC(=O)OCc1ccccc1)NC(=O)C(Cc1ccccc1)NC(=O)OCc1ccccc1. The van der Waals surface area contributed by atoms with Crippen LogP contribution in [0.15, 0.2) is 121 Å². The summed E-state index contributed by atoms with van der Waals surface area (Å²) in [6.45, 7) is 3.80. The number of nitrogens with one attached hydrogen (secondary N) is 4. The van der Waals surface area contributed by atoms with Gasteiger partial charge in [-0.05, 0) is 42.5 Å². The number of amides is 4. The van der Waals surface area contributed by atoms with Crippen molar-refractivity contribution in [1.29, 1.82) is 0 Å². The number of ether oxygens (including phenoxy) is 2. The number of rotatable bonds is 16. The van der Waals surface area contributed by atoms with E-state index in [1.165, 1.54) is 0 Å². The second-order valence-corrected chi connectivity index (χ2v) is 12.0. The van der Waals surface area contributed by atoms with Crippen molar-refractivity contribution in [2.24, 2.45) is 0 Å². The lowest BCUT2D eigenvalue weighted by Gasteiger charge is -2.25. The van der Waals surface area contributed by atoms with Gasteiger partial charge >= 0.3 is 12.2 Å². The molecule has 4 rings (SSSR count). The fourth-order valence-electron chi connectivity index (χ4n) is 5.27. The Labute approximate surface area is 287 Å². The molecule has 10 heteroatoms. The van der Waals surface area contributed by atoms with Crippen molar-refractivity contribution in [3.8, 4) is 0 Å². The van der Waals surface area contributed by atoms with Gasteiger partial charge in [-0.2, -0.15) is 0 Å². The summed E-state index contributed by atoms with van der Waals surface area (Å²) in [5.74, 6) is -0.757. The Balaban J connectivity index is 1.32. The van der Waals surface area contributed by atoms with E-state index >= 15 is 0 Å². The van der Waals surface area contributed by atoms with E-state index in [1.807, 2.05) is 135 Å². The van der Waals surface area contributed by atoms with Crippen LogP contribution in [0.4, 0.5) is 9.59 Å². The zero-order valence-electron chi connectivity index (χ0n) is 27.8. The van der Waals surface area contributed by atoms with Crippen molar-refractivity contribution < 1.29 is 28.7 Å². The first-order valence-electron chi connectivity index (χ1n) is 16.4. The summed E-state index contributed by atoms with van der Waals surface area (Å²) in [5.41, 5.74) is 3.41. The van der Waals surface area contributed by atoms with Crippen LogP contribution in [0.3, 0.4) is 0 Å². The molecule has 10 nitrogen and oxygen atoms in total. The van der Waals surface area contributed by atoms with E-state index in [0.717, 1.165) is 22.3 Å². The van der Waals surface area contributed by atoms with E-state index in [-0.39, 0.29) is 50.0 Å². The highest BCUT2D eigenvalue weighted by atomic mass is 16.6. The van der Waals surface area contributed by atoms with Gasteiger partial charge in [-0.15, -0.1) is 0 Å². The minimum absolute atomic E-state index is 0.0742. The molecule has 256 valence electrons. The van der Waals surface area contributed by atoms with Gasteiger partial charge < -0.3 is 30.7 Å². The van der Waals surface area contributed by atoms with Crippen LogP contribution >= 0.6 is 0 Å². The quantitative estimate of drug-likeness (QED) is 0.126. The monoisotopic (exact) mass is 664 g/mol. The third-order valence-electron chi connectivity index (χ3n) is 7.69. The summed E-state index contributed by atoms with van der Waals surface area (Å²) in [6.07, 6.45) is -0.483. The van der Waals surface area contributed by atoms with Crippen LogP contribution in [0.2, 0.25) is 0 Å². The first kappa shape index (κ1) is 36.2. The molecule has 0 saturated carbocycles. The van der Waals surface area contributed by atoms with Crippen molar-refractivity contribution in [2.45, 2.75) is 70.5 Å². The van der Waals surface area contributed by atoms with Crippen molar-refractivity contribution >= 4 is 24.0 Å². The molecule has 0 aliphatic carbocycles. The van der Waals surface area contributed by atoms with Crippen LogP contribution in [0.1, 0.15) is 42.5 Å². The van der Waals surface area contributed by atoms with E-state index in [1.54, 1.807) is 0 Å². The lowest BCUT2D eigenvalue weighted by atomic mass is 10.0. The molecule has 0 heterocycles. The van der Waals surface area contributed by atoms with Gasteiger partial charge in [0.2, 0.25) is 11.8 Å². The van der Waals surface area contributed by atoms with Crippen LogP contribution in [0, 0.1) is 0 Å². The largest absolute Gasteiger partial charge is 0.445 e. The van der Waals surface area contributed by atoms with Crippen LogP contribution in [-0.2, 0) is 45.1 Å².